The standard InChI is InChI=1S/C31H35ClN2O2/c1-30(2,35)22-12-13-29-25(20-22)23(24-8-6-16-33-28(24)21-36-29)9-7-17-34-18-14-31(3,15-19-34)26-10-4-5-11-27(26)32/h4-6,8-13,16,20,35H,7,14-15,17-19,21H2,1-3H3. The van der Waals surface area contributed by atoms with Crippen LogP contribution in [0.4, 0.5) is 0 Å². The van der Waals surface area contributed by atoms with Crippen LogP contribution in [0.1, 0.15) is 68.0 Å². The molecule has 3 heterocycles. The first-order valence-electron chi connectivity index (χ1n) is 12.9. The molecule has 0 spiro atoms. The lowest BCUT2D eigenvalue weighted by Gasteiger charge is -2.40. The van der Waals surface area contributed by atoms with Crippen molar-refractivity contribution in [2.45, 2.75) is 57.7 Å². The van der Waals surface area contributed by atoms with Crippen molar-refractivity contribution in [2.75, 3.05) is 19.6 Å². The van der Waals surface area contributed by atoms with Crippen LogP contribution in [0, 0.1) is 0 Å². The molecule has 1 N–H and O–H groups in total. The molecule has 2 aliphatic rings. The van der Waals surface area contributed by atoms with Gasteiger partial charge in [0, 0.05) is 28.9 Å². The Hall–Kier alpha value is -2.66. The maximum absolute atomic E-state index is 10.6. The third-order valence-corrected chi connectivity index (χ3v) is 8.13. The summed E-state index contributed by atoms with van der Waals surface area (Å²) in [6.45, 7) is 9.54. The van der Waals surface area contributed by atoms with Gasteiger partial charge in [-0.05, 0) is 92.6 Å². The molecule has 5 rings (SSSR count). The number of aromatic nitrogens is 1. The lowest BCUT2D eigenvalue weighted by molar-refractivity contribution is 0.0785. The van der Waals surface area contributed by atoms with Crippen molar-refractivity contribution in [2.24, 2.45) is 0 Å². The van der Waals surface area contributed by atoms with Gasteiger partial charge in [-0.25, -0.2) is 0 Å². The summed E-state index contributed by atoms with van der Waals surface area (Å²) >= 11 is 6.54. The average molecular weight is 503 g/mol. The Labute approximate surface area is 219 Å². The number of rotatable bonds is 5. The first-order valence-corrected chi connectivity index (χ1v) is 13.2. The van der Waals surface area contributed by atoms with Crippen LogP contribution in [-0.2, 0) is 17.6 Å². The van der Waals surface area contributed by atoms with E-state index in [1.54, 1.807) is 0 Å². The monoisotopic (exact) mass is 502 g/mol. The molecular formula is C31H35ClN2O2. The van der Waals surface area contributed by atoms with Gasteiger partial charge >= 0.3 is 0 Å². The Balaban J connectivity index is 1.36. The van der Waals surface area contributed by atoms with Crippen LogP contribution >= 0.6 is 11.6 Å². The van der Waals surface area contributed by atoms with E-state index in [2.05, 4.69) is 47.1 Å². The van der Waals surface area contributed by atoms with Gasteiger partial charge in [0.05, 0.1) is 11.3 Å². The third kappa shape index (κ3) is 5.08. The molecule has 0 bridgehead atoms. The molecule has 0 amide bonds. The normalized spacial score (nSPS) is 18.8. The number of benzene rings is 2. The summed E-state index contributed by atoms with van der Waals surface area (Å²) in [6.07, 6.45) is 7.28. The van der Waals surface area contributed by atoms with Crippen LogP contribution < -0.4 is 4.74 Å². The van der Waals surface area contributed by atoms with Crippen LogP contribution in [0.15, 0.2) is 66.9 Å². The molecule has 1 fully saturated rings. The molecule has 1 aromatic heterocycles. The Morgan fingerprint density at radius 1 is 1.08 bits per heavy atom. The van der Waals surface area contributed by atoms with E-state index in [0.29, 0.717) is 6.61 Å². The minimum absolute atomic E-state index is 0.128. The molecule has 3 aromatic rings. The predicted molar refractivity (Wildman–Crippen MR) is 146 cm³/mol. The molecular weight excluding hydrogens is 468 g/mol. The second-order valence-corrected chi connectivity index (χ2v) is 11.3. The zero-order chi connectivity index (χ0) is 25.3. The topological polar surface area (TPSA) is 45.6 Å². The third-order valence-electron chi connectivity index (χ3n) is 7.80. The van der Waals surface area contributed by atoms with Gasteiger partial charge in [-0.15, -0.1) is 0 Å². The second-order valence-electron chi connectivity index (χ2n) is 10.8. The number of fused-ring (bicyclic) bond motifs is 2. The molecule has 4 nitrogen and oxygen atoms in total. The van der Waals surface area contributed by atoms with Gasteiger partial charge in [-0.2, -0.15) is 0 Å². The quantitative estimate of drug-likeness (QED) is 0.420. The molecule has 0 radical (unpaired) electrons. The Morgan fingerprint density at radius 2 is 1.86 bits per heavy atom. The fourth-order valence-corrected chi connectivity index (χ4v) is 5.80. The van der Waals surface area contributed by atoms with Gasteiger partial charge < -0.3 is 14.7 Å². The minimum atomic E-state index is -0.924. The molecule has 188 valence electrons. The number of ether oxygens (including phenoxy) is 1. The van der Waals surface area contributed by atoms with Crippen LogP contribution in [0.25, 0.3) is 5.57 Å². The van der Waals surface area contributed by atoms with E-state index in [1.807, 2.05) is 50.4 Å². The summed E-state index contributed by atoms with van der Waals surface area (Å²) in [7, 11) is 0. The summed E-state index contributed by atoms with van der Waals surface area (Å²) in [6, 6.07) is 18.4. The molecule has 1 saturated heterocycles. The minimum Gasteiger partial charge on any atom is -0.487 e. The summed E-state index contributed by atoms with van der Waals surface area (Å²) in [5, 5.41) is 11.5. The molecule has 0 aliphatic carbocycles. The van der Waals surface area contributed by atoms with Gasteiger partial charge in [0.15, 0.2) is 0 Å². The number of piperidine rings is 1. The fraction of sp³-hybridized carbons (Fsp3) is 0.387. The summed E-state index contributed by atoms with van der Waals surface area (Å²) in [5.41, 5.74) is 5.55. The largest absolute Gasteiger partial charge is 0.487 e. The van der Waals surface area contributed by atoms with Crippen LogP contribution in [0.5, 0.6) is 5.75 Å². The zero-order valence-electron chi connectivity index (χ0n) is 21.4. The van der Waals surface area contributed by atoms with E-state index in [0.717, 1.165) is 77.6 Å². The van der Waals surface area contributed by atoms with Crippen molar-refractivity contribution in [3.8, 4) is 5.75 Å². The Morgan fingerprint density at radius 3 is 2.61 bits per heavy atom. The lowest BCUT2D eigenvalue weighted by Crippen LogP contribution is -2.41. The highest BCUT2D eigenvalue weighted by molar-refractivity contribution is 6.31. The summed E-state index contributed by atoms with van der Waals surface area (Å²) in [4.78, 5) is 7.15. The van der Waals surface area contributed by atoms with E-state index < -0.39 is 5.60 Å². The van der Waals surface area contributed by atoms with E-state index >= 15 is 0 Å². The smallest absolute Gasteiger partial charge is 0.131 e. The molecule has 0 atom stereocenters. The number of hydrogen-bond donors (Lipinski definition) is 1. The number of pyridine rings is 1. The summed E-state index contributed by atoms with van der Waals surface area (Å²) < 4.78 is 6.14. The van der Waals surface area contributed by atoms with Crippen molar-refractivity contribution in [1.82, 2.24) is 9.88 Å². The molecule has 0 saturated carbocycles. The maximum Gasteiger partial charge on any atom is 0.131 e. The lowest BCUT2D eigenvalue weighted by atomic mass is 9.74. The van der Waals surface area contributed by atoms with E-state index in [1.165, 1.54) is 5.56 Å². The number of hydrogen-bond acceptors (Lipinski definition) is 4. The number of nitrogens with zero attached hydrogens (tertiary/aromatic N) is 2. The van der Waals surface area contributed by atoms with Crippen molar-refractivity contribution in [3.05, 3.63) is 99.8 Å². The van der Waals surface area contributed by atoms with Crippen LogP contribution in [0.2, 0.25) is 5.02 Å². The highest BCUT2D eigenvalue weighted by Gasteiger charge is 2.33. The number of aliphatic hydroxyl groups is 1. The maximum atomic E-state index is 10.6. The van der Waals surface area contributed by atoms with Gasteiger partial charge in [-0.3, -0.25) is 4.98 Å². The average Bonchev–Trinajstić information content (AvgIpc) is 3.02. The first kappa shape index (κ1) is 25.0. The van der Waals surface area contributed by atoms with Gasteiger partial charge in [-0.1, -0.05) is 54.9 Å². The Kier molecular flexibility index (Phi) is 6.95. The van der Waals surface area contributed by atoms with E-state index in [9.17, 15) is 5.11 Å². The molecule has 5 heteroatoms. The molecule has 36 heavy (non-hydrogen) atoms. The van der Waals surface area contributed by atoms with E-state index in [-0.39, 0.29) is 5.41 Å². The fourth-order valence-electron chi connectivity index (χ4n) is 5.44. The zero-order valence-corrected chi connectivity index (χ0v) is 22.2. The highest BCUT2D eigenvalue weighted by Crippen LogP contribution is 2.40. The van der Waals surface area contributed by atoms with Gasteiger partial charge in [0.25, 0.3) is 0 Å². The van der Waals surface area contributed by atoms with Crippen LogP contribution in [-0.4, -0.2) is 34.6 Å². The Bertz CT molecular complexity index is 1270. The second kappa shape index (κ2) is 10.0. The van der Waals surface area contributed by atoms with Crippen LogP contribution in [0.3, 0.4) is 0 Å². The van der Waals surface area contributed by atoms with Crippen molar-refractivity contribution < 1.29 is 9.84 Å². The molecule has 0 unspecified atom stereocenters. The van der Waals surface area contributed by atoms with Crippen molar-refractivity contribution in [1.29, 1.82) is 0 Å². The predicted octanol–water partition coefficient (Wildman–Crippen LogP) is 6.73. The van der Waals surface area contributed by atoms with Gasteiger partial charge in [0.1, 0.15) is 12.4 Å². The number of halogens is 1. The highest BCUT2D eigenvalue weighted by atomic mass is 35.5. The van der Waals surface area contributed by atoms with Gasteiger partial charge in [0.2, 0.25) is 0 Å². The van der Waals surface area contributed by atoms with Crippen molar-refractivity contribution in [3.63, 3.8) is 0 Å². The molecule has 2 aromatic carbocycles. The molecule has 2 aliphatic heterocycles. The van der Waals surface area contributed by atoms with E-state index in [4.69, 9.17) is 16.3 Å². The SMILES string of the molecule is CC(C)(O)c1ccc2c(c1)C(=CCCN1CCC(C)(c3ccccc3Cl)CC1)c1cccnc1CO2. The number of likely N-dealkylation sites (tertiary alicyclic amines) is 1. The summed E-state index contributed by atoms with van der Waals surface area (Å²) in [5.74, 6) is 0.834. The van der Waals surface area contributed by atoms with Crippen molar-refractivity contribution >= 4 is 17.2 Å². The first-order chi connectivity index (χ1) is 17.2.